The van der Waals surface area contributed by atoms with Crippen LogP contribution in [0.4, 0.5) is 5.13 Å². The largest absolute Gasteiger partial charge is 0.342 e. The molecule has 3 rings (SSSR count). The number of rotatable bonds is 4. The molecule has 1 aliphatic carbocycles. The number of hydrogen-bond acceptors (Lipinski definition) is 4. The van der Waals surface area contributed by atoms with Crippen LogP contribution in [0.15, 0.2) is 5.38 Å². The van der Waals surface area contributed by atoms with Crippen LogP contribution in [0, 0.1) is 5.92 Å². The van der Waals surface area contributed by atoms with Gasteiger partial charge in [-0.1, -0.05) is 0 Å². The number of thiazole rings is 1. The fourth-order valence-electron chi connectivity index (χ4n) is 2.41. The van der Waals surface area contributed by atoms with E-state index in [1.54, 1.807) is 0 Å². The van der Waals surface area contributed by atoms with Crippen LogP contribution in [0.1, 0.15) is 37.8 Å². The van der Waals surface area contributed by atoms with Gasteiger partial charge < -0.3 is 10.2 Å². The monoisotopic (exact) mass is 293 g/mol. The van der Waals surface area contributed by atoms with Gasteiger partial charge in [0.1, 0.15) is 0 Å². The summed E-state index contributed by atoms with van der Waals surface area (Å²) in [6, 6.07) is 0. The quantitative estimate of drug-likeness (QED) is 0.924. The number of aromatic nitrogens is 1. The normalized spacial score (nSPS) is 18.9. The Balaban J connectivity index is 1.53. The van der Waals surface area contributed by atoms with Gasteiger partial charge in [-0.05, 0) is 32.1 Å². The Morgan fingerprint density at radius 1 is 1.30 bits per heavy atom. The van der Waals surface area contributed by atoms with Crippen LogP contribution in [-0.4, -0.2) is 34.8 Å². The number of hydrogen-bond donors (Lipinski definition) is 1. The van der Waals surface area contributed by atoms with Crippen molar-refractivity contribution in [1.82, 2.24) is 9.88 Å². The summed E-state index contributed by atoms with van der Waals surface area (Å²) in [5.41, 5.74) is 0.761. The van der Waals surface area contributed by atoms with Gasteiger partial charge in [0.2, 0.25) is 11.8 Å². The number of carbonyl (C=O) groups is 2. The number of likely N-dealkylation sites (tertiary alicyclic amines) is 1. The number of nitrogens with zero attached hydrogens (tertiary/aromatic N) is 2. The maximum Gasteiger partial charge on any atom is 0.229 e. The molecule has 0 bridgehead atoms. The number of carbonyl (C=O) groups excluding carboxylic acids is 2. The summed E-state index contributed by atoms with van der Waals surface area (Å²) >= 11 is 1.40. The van der Waals surface area contributed by atoms with E-state index in [9.17, 15) is 9.59 Å². The summed E-state index contributed by atoms with van der Waals surface area (Å²) in [5.74, 6) is 0.389. The summed E-state index contributed by atoms with van der Waals surface area (Å²) in [6.07, 6.45) is 5.74. The predicted molar refractivity (Wildman–Crippen MR) is 77.6 cm³/mol. The smallest absolute Gasteiger partial charge is 0.229 e. The van der Waals surface area contributed by atoms with Crippen molar-refractivity contribution in [2.45, 2.75) is 38.5 Å². The Morgan fingerprint density at radius 3 is 2.75 bits per heavy atom. The number of anilines is 1. The minimum absolute atomic E-state index is 0.0632. The topological polar surface area (TPSA) is 62.3 Å². The van der Waals surface area contributed by atoms with Gasteiger partial charge in [-0.25, -0.2) is 4.98 Å². The Kier molecular flexibility index (Phi) is 4.00. The lowest BCUT2D eigenvalue weighted by molar-refractivity contribution is -0.131. The molecule has 0 spiro atoms. The van der Waals surface area contributed by atoms with E-state index in [1.807, 2.05) is 10.3 Å². The summed E-state index contributed by atoms with van der Waals surface area (Å²) in [7, 11) is 0. The number of nitrogens with one attached hydrogen (secondary N) is 1. The van der Waals surface area contributed by atoms with Crippen molar-refractivity contribution >= 4 is 28.3 Å². The van der Waals surface area contributed by atoms with Gasteiger partial charge in [0.15, 0.2) is 5.13 Å². The van der Waals surface area contributed by atoms with Crippen LogP contribution in [0.5, 0.6) is 0 Å². The van der Waals surface area contributed by atoms with Gasteiger partial charge in [0.05, 0.1) is 12.1 Å². The predicted octanol–water partition coefficient (Wildman–Crippen LogP) is 2.05. The van der Waals surface area contributed by atoms with Crippen molar-refractivity contribution in [2.75, 3.05) is 18.4 Å². The highest BCUT2D eigenvalue weighted by Crippen LogP contribution is 2.30. The van der Waals surface area contributed by atoms with Crippen LogP contribution in [0.25, 0.3) is 0 Å². The highest BCUT2D eigenvalue weighted by Gasteiger charge is 2.30. The lowest BCUT2D eigenvalue weighted by Gasteiger charge is -2.26. The third kappa shape index (κ3) is 3.36. The zero-order valence-corrected chi connectivity index (χ0v) is 12.2. The van der Waals surface area contributed by atoms with Crippen molar-refractivity contribution in [3.8, 4) is 0 Å². The first kappa shape index (κ1) is 13.5. The van der Waals surface area contributed by atoms with Gasteiger partial charge in [-0.15, -0.1) is 11.3 Å². The van der Waals surface area contributed by atoms with Crippen LogP contribution in [-0.2, 0) is 16.0 Å². The number of piperidine rings is 1. The third-order valence-corrected chi connectivity index (χ3v) is 4.58. The minimum Gasteiger partial charge on any atom is -0.342 e. The molecule has 0 unspecified atom stereocenters. The van der Waals surface area contributed by atoms with Crippen molar-refractivity contribution < 1.29 is 9.59 Å². The first-order chi connectivity index (χ1) is 9.72. The standard InChI is InChI=1S/C14H19N3O2S/c18-12(17-6-2-1-3-7-17)8-11-9-20-14(15-11)16-13(19)10-4-5-10/h9-10H,1-8H2,(H,15,16,19). The van der Waals surface area contributed by atoms with Gasteiger partial charge in [0.25, 0.3) is 0 Å². The molecule has 1 N–H and O–H groups in total. The van der Waals surface area contributed by atoms with Gasteiger partial charge in [0, 0.05) is 24.4 Å². The summed E-state index contributed by atoms with van der Waals surface area (Å²) in [6.45, 7) is 1.74. The van der Waals surface area contributed by atoms with Crippen molar-refractivity contribution in [3.05, 3.63) is 11.1 Å². The van der Waals surface area contributed by atoms with Gasteiger partial charge in [-0.3, -0.25) is 9.59 Å². The Morgan fingerprint density at radius 2 is 2.05 bits per heavy atom. The molecule has 5 nitrogen and oxygen atoms in total. The van der Waals surface area contributed by atoms with Crippen LogP contribution in [0.3, 0.4) is 0 Å². The molecule has 6 heteroatoms. The molecule has 0 atom stereocenters. The second kappa shape index (κ2) is 5.91. The fraction of sp³-hybridized carbons (Fsp3) is 0.643. The molecule has 1 aliphatic heterocycles. The lowest BCUT2D eigenvalue weighted by atomic mass is 10.1. The van der Waals surface area contributed by atoms with E-state index in [4.69, 9.17) is 0 Å². The molecular weight excluding hydrogens is 274 g/mol. The molecule has 1 saturated carbocycles. The second-order valence-corrected chi connectivity index (χ2v) is 6.38. The van der Waals surface area contributed by atoms with Crippen molar-refractivity contribution in [1.29, 1.82) is 0 Å². The minimum atomic E-state index is 0.0632. The molecule has 0 aromatic carbocycles. The lowest BCUT2D eigenvalue weighted by Crippen LogP contribution is -2.36. The Hall–Kier alpha value is -1.43. The molecule has 108 valence electrons. The van der Waals surface area contributed by atoms with Gasteiger partial charge in [-0.2, -0.15) is 0 Å². The molecule has 2 aliphatic rings. The molecule has 1 saturated heterocycles. The Bertz CT molecular complexity index is 504. The molecular formula is C14H19N3O2S. The molecule has 2 fully saturated rings. The molecule has 20 heavy (non-hydrogen) atoms. The summed E-state index contributed by atoms with van der Waals surface area (Å²) < 4.78 is 0. The zero-order valence-electron chi connectivity index (χ0n) is 11.4. The second-order valence-electron chi connectivity index (χ2n) is 5.53. The van der Waals surface area contributed by atoms with E-state index in [2.05, 4.69) is 10.3 Å². The molecule has 1 aromatic heterocycles. The number of amides is 2. The van der Waals surface area contributed by atoms with Gasteiger partial charge >= 0.3 is 0 Å². The fourth-order valence-corrected chi connectivity index (χ4v) is 3.12. The van der Waals surface area contributed by atoms with E-state index < -0.39 is 0 Å². The van der Waals surface area contributed by atoms with E-state index in [0.717, 1.165) is 44.5 Å². The molecule has 2 heterocycles. The van der Waals surface area contributed by atoms with E-state index in [0.29, 0.717) is 11.6 Å². The average molecular weight is 293 g/mol. The molecule has 0 radical (unpaired) electrons. The average Bonchev–Trinajstić information content (AvgIpc) is 3.23. The van der Waals surface area contributed by atoms with Crippen LogP contribution in [0.2, 0.25) is 0 Å². The van der Waals surface area contributed by atoms with Crippen LogP contribution < -0.4 is 5.32 Å². The van der Waals surface area contributed by atoms with E-state index in [-0.39, 0.29) is 17.7 Å². The third-order valence-electron chi connectivity index (χ3n) is 3.77. The summed E-state index contributed by atoms with van der Waals surface area (Å²) in [4.78, 5) is 30.0. The SMILES string of the molecule is O=C(Nc1nc(CC(=O)N2CCCCC2)cs1)C1CC1. The van der Waals surface area contributed by atoms with E-state index >= 15 is 0 Å². The highest BCUT2D eigenvalue weighted by molar-refractivity contribution is 7.13. The van der Waals surface area contributed by atoms with Crippen molar-refractivity contribution in [3.63, 3.8) is 0 Å². The Labute approximate surface area is 122 Å². The van der Waals surface area contributed by atoms with Crippen molar-refractivity contribution in [2.24, 2.45) is 5.92 Å². The highest BCUT2D eigenvalue weighted by atomic mass is 32.1. The maximum atomic E-state index is 12.1. The van der Waals surface area contributed by atoms with E-state index in [1.165, 1.54) is 17.8 Å². The molecule has 1 aromatic rings. The summed E-state index contributed by atoms with van der Waals surface area (Å²) in [5, 5.41) is 5.30. The van der Waals surface area contributed by atoms with Crippen LogP contribution >= 0.6 is 11.3 Å². The first-order valence-electron chi connectivity index (χ1n) is 7.25. The first-order valence-corrected chi connectivity index (χ1v) is 8.13. The molecule has 2 amide bonds. The maximum absolute atomic E-state index is 12.1. The zero-order chi connectivity index (χ0) is 13.9.